The highest BCUT2D eigenvalue weighted by Crippen LogP contribution is 2.25. The maximum Gasteiger partial charge on any atom is 0.243 e. The molecule has 112 valence electrons. The number of aliphatic hydroxyl groups is 1. The Bertz CT molecular complexity index is 591. The zero-order valence-electron chi connectivity index (χ0n) is 11.3. The lowest BCUT2D eigenvalue weighted by Gasteiger charge is -2.33. The Balaban J connectivity index is 2.31. The number of rotatable bonds is 3. The molecule has 2 rings (SSSR count). The number of sulfonamides is 1. The number of piperidine rings is 1. The van der Waals surface area contributed by atoms with Crippen LogP contribution in [0.2, 0.25) is 0 Å². The lowest BCUT2D eigenvalue weighted by Crippen LogP contribution is -2.44. The van der Waals surface area contributed by atoms with Gasteiger partial charge in [-0.2, -0.15) is 4.31 Å². The first-order valence-corrected chi connectivity index (χ1v) is 7.97. The van der Waals surface area contributed by atoms with E-state index in [4.69, 9.17) is 5.73 Å². The fraction of sp³-hybridized carbons (Fsp3) is 0.538. The van der Waals surface area contributed by atoms with Crippen LogP contribution in [0.25, 0.3) is 0 Å². The highest BCUT2D eigenvalue weighted by molar-refractivity contribution is 7.89. The van der Waals surface area contributed by atoms with E-state index in [-0.39, 0.29) is 36.0 Å². The summed E-state index contributed by atoms with van der Waals surface area (Å²) in [5, 5.41) is 9.66. The molecule has 0 aromatic heterocycles. The van der Waals surface area contributed by atoms with Gasteiger partial charge in [0.25, 0.3) is 0 Å². The molecule has 20 heavy (non-hydrogen) atoms. The summed E-state index contributed by atoms with van der Waals surface area (Å²) in [4.78, 5) is 0.0444. The summed E-state index contributed by atoms with van der Waals surface area (Å²) in [6.45, 7) is 2.29. The maximum atomic E-state index is 13.4. The Morgan fingerprint density at radius 3 is 2.80 bits per heavy atom. The average molecular weight is 302 g/mol. The summed E-state index contributed by atoms with van der Waals surface area (Å²) in [6.07, 6.45) is -0.0695. The molecular weight excluding hydrogens is 283 g/mol. The van der Waals surface area contributed by atoms with Gasteiger partial charge < -0.3 is 10.8 Å². The molecule has 0 spiro atoms. The van der Waals surface area contributed by atoms with Crippen LogP contribution in [0.4, 0.5) is 4.39 Å². The third-order valence-electron chi connectivity index (χ3n) is 3.70. The fourth-order valence-corrected chi connectivity index (χ4v) is 3.94. The molecule has 1 fully saturated rings. The molecule has 0 amide bonds. The second-order valence-electron chi connectivity index (χ2n) is 5.15. The first-order valence-electron chi connectivity index (χ1n) is 6.53. The number of hydrogen-bond donors (Lipinski definition) is 2. The highest BCUT2D eigenvalue weighted by Gasteiger charge is 2.32. The molecule has 2 atom stereocenters. The Labute approximate surface area is 118 Å². The second-order valence-corrected chi connectivity index (χ2v) is 7.09. The molecule has 2 unspecified atom stereocenters. The van der Waals surface area contributed by atoms with Crippen molar-refractivity contribution in [3.8, 4) is 0 Å². The Kier molecular flexibility index (Phi) is 4.43. The van der Waals surface area contributed by atoms with Gasteiger partial charge in [0.1, 0.15) is 5.82 Å². The zero-order chi connectivity index (χ0) is 14.9. The van der Waals surface area contributed by atoms with E-state index in [9.17, 15) is 17.9 Å². The summed E-state index contributed by atoms with van der Waals surface area (Å²) >= 11 is 0. The molecule has 0 radical (unpaired) electrons. The first-order chi connectivity index (χ1) is 9.36. The summed E-state index contributed by atoms with van der Waals surface area (Å²) in [5.41, 5.74) is 5.58. The van der Waals surface area contributed by atoms with Gasteiger partial charge in [-0.15, -0.1) is 0 Å². The summed E-state index contributed by atoms with van der Waals surface area (Å²) in [6, 6.07) is 3.65. The number of halogens is 1. The van der Waals surface area contributed by atoms with Crippen LogP contribution in [0.15, 0.2) is 23.1 Å². The molecule has 1 aliphatic heterocycles. The maximum absolute atomic E-state index is 13.4. The van der Waals surface area contributed by atoms with E-state index in [0.29, 0.717) is 6.42 Å². The summed E-state index contributed by atoms with van der Waals surface area (Å²) in [5.74, 6) is -0.623. The van der Waals surface area contributed by atoms with Crippen LogP contribution in [0.3, 0.4) is 0 Å². The van der Waals surface area contributed by atoms with Gasteiger partial charge in [0.05, 0.1) is 11.0 Å². The highest BCUT2D eigenvalue weighted by atomic mass is 32.2. The summed E-state index contributed by atoms with van der Waals surface area (Å²) in [7, 11) is -3.67. The Morgan fingerprint density at radius 2 is 2.20 bits per heavy atom. The molecule has 1 aromatic carbocycles. The number of aliphatic hydroxyl groups excluding tert-OH is 1. The number of hydrogen-bond acceptors (Lipinski definition) is 4. The van der Waals surface area contributed by atoms with Crippen LogP contribution >= 0.6 is 0 Å². The van der Waals surface area contributed by atoms with Crippen LogP contribution in [-0.4, -0.2) is 37.0 Å². The predicted octanol–water partition coefficient (Wildman–Crippen LogP) is 0.676. The van der Waals surface area contributed by atoms with Gasteiger partial charge in [0, 0.05) is 25.2 Å². The number of nitrogens with zero attached hydrogens (tertiary/aromatic N) is 1. The van der Waals surface area contributed by atoms with Crippen LogP contribution in [0, 0.1) is 11.7 Å². The van der Waals surface area contributed by atoms with Crippen molar-refractivity contribution in [2.45, 2.75) is 30.9 Å². The lowest BCUT2D eigenvalue weighted by atomic mass is 9.99. The van der Waals surface area contributed by atoms with Crippen LogP contribution in [0.5, 0.6) is 0 Å². The van der Waals surface area contributed by atoms with E-state index in [2.05, 4.69) is 0 Å². The largest absolute Gasteiger partial charge is 0.393 e. The smallest absolute Gasteiger partial charge is 0.243 e. The zero-order valence-corrected chi connectivity index (χ0v) is 12.1. The van der Waals surface area contributed by atoms with Crippen molar-refractivity contribution in [2.24, 2.45) is 11.7 Å². The van der Waals surface area contributed by atoms with Gasteiger partial charge in [-0.3, -0.25) is 0 Å². The molecule has 1 aromatic rings. The van der Waals surface area contributed by atoms with Crippen molar-refractivity contribution in [1.29, 1.82) is 0 Å². The Hall–Kier alpha value is -1.02. The van der Waals surface area contributed by atoms with Gasteiger partial charge in [-0.05, 0) is 30.5 Å². The van der Waals surface area contributed by atoms with Crippen molar-refractivity contribution < 1.29 is 17.9 Å². The topological polar surface area (TPSA) is 83.6 Å². The van der Waals surface area contributed by atoms with Crippen molar-refractivity contribution in [2.75, 3.05) is 13.1 Å². The quantitative estimate of drug-likeness (QED) is 0.860. The van der Waals surface area contributed by atoms with Crippen molar-refractivity contribution in [1.82, 2.24) is 4.31 Å². The lowest BCUT2D eigenvalue weighted by molar-refractivity contribution is 0.0628. The SMILES string of the molecule is CC1CN(S(=O)(=O)c2ccc(F)c(CN)c2)CCC1O. The van der Waals surface area contributed by atoms with E-state index in [0.717, 1.165) is 6.07 Å². The van der Waals surface area contributed by atoms with Crippen LogP contribution in [-0.2, 0) is 16.6 Å². The fourth-order valence-electron chi connectivity index (χ4n) is 2.33. The third-order valence-corrected chi connectivity index (χ3v) is 5.56. The van der Waals surface area contributed by atoms with Gasteiger partial charge in [0.2, 0.25) is 10.0 Å². The molecule has 0 aliphatic carbocycles. The minimum absolute atomic E-state index is 0.0444. The van der Waals surface area contributed by atoms with Gasteiger partial charge in [0.15, 0.2) is 0 Å². The van der Waals surface area contributed by atoms with Crippen molar-refractivity contribution in [3.63, 3.8) is 0 Å². The predicted molar refractivity (Wildman–Crippen MR) is 72.8 cm³/mol. The first kappa shape index (κ1) is 15.4. The van der Waals surface area contributed by atoms with E-state index in [1.807, 2.05) is 6.92 Å². The molecule has 1 aliphatic rings. The minimum atomic E-state index is -3.67. The third kappa shape index (κ3) is 2.85. The normalized spacial score (nSPS) is 24.8. The number of nitrogens with two attached hydrogens (primary N) is 1. The Morgan fingerprint density at radius 1 is 1.50 bits per heavy atom. The second kappa shape index (κ2) is 5.77. The van der Waals surface area contributed by atoms with Crippen LogP contribution < -0.4 is 5.73 Å². The molecule has 1 saturated heterocycles. The van der Waals surface area contributed by atoms with E-state index in [1.165, 1.54) is 16.4 Å². The molecular formula is C13H19FN2O3S. The van der Waals surface area contributed by atoms with Crippen molar-refractivity contribution in [3.05, 3.63) is 29.6 Å². The standard InChI is InChI=1S/C13H19FN2O3S/c1-9-8-16(5-4-13(9)17)20(18,19)11-2-3-12(14)10(6-11)7-15/h2-3,6,9,13,17H,4-5,7-8,15H2,1H3. The minimum Gasteiger partial charge on any atom is -0.393 e. The molecule has 0 saturated carbocycles. The van der Waals surface area contributed by atoms with Crippen LogP contribution in [0.1, 0.15) is 18.9 Å². The van der Waals surface area contributed by atoms with E-state index >= 15 is 0 Å². The average Bonchev–Trinajstić information content (AvgIpc) is 2.42. The van der Waals surface area contributed by atoms with Crippen molar-refractivity contribution >= 4 is 10.0 Å². The van der Waals surface area contributed by atoms with Gasteiger partial charge >= 0.3 is 0 Å². The van der Waals surface area contributed by atoms with E-state index in [1.54, 1.807) is 0 Å². The molecule has 5 nitrogen and oxygen atoms in total. The molecule has 7 heteroatoms. The monoisotopic (exact) mass is 302 g/mol. The molecule has 0 bridgehead atoms. The molecule has 3 N–H and O–H groups in total. The van der Waals surface area contributed by atoms with E-state index < -0.39 is 21.9 Å². The summed E-state index contributed by atoms with van der Waals surface area (Å²) < 4.78 is 39.7. The number of benzene rings is 1. The van der Waals surface area contributed by atoms with Gasteiger partial charge in [-0.25, -0.2) is 12.8 Å². The van der Waals surface area contributed by atoms with Gasteiger partial charge in [-0.1, -0.05) is 6.92 Å². The molecule has 1 heterocycles.